The van der Waals surface area contributed by atoms with E-state index in [9.17, 15) is 14.7 Å². The third kappa shape index (κ3) is 8.75. The Balaban J connectivity index is 1.97. The van der Waals surface area contributed by atoms with Crippen molar-refractivity contribution in [2.75, 3.05) is 34.4 Å². The van der Waals surface area contributed by atoms with E-state index in [-0.39, 0.29) is 42.7 Å². The average Bonchev–Trinajstić information content (AvgIpc) is 2.95. The highest BCUT2D eigenvalue weighted by molar-refractivity contribution is 6.35. The number of ether oxygens (including phenoxy) is 5. The summed E-state index contributed by atoms with van der Waals surface area (Å²) in [7, 11) is 4.66. The zero-order chi connectivity index (χ0) is 30.9. The van der Waals surface area contributed by atoms with Crippen molar-refractivity contribution in [3.8, 4) is 23.0 Å². The van der Waals surface area contributed by atoms with Crippen LogP contribution in [-0.4, -0.2) is 67.1 Å². The number of likely N-dealkylation sites (N-methyl/N-ethyl adjacent to an activating group) is 1. The van der Waals surface area contributed by atoms with Gasteiger partial charge in [-0.3, -0.25) is 4.79 Å². The summed E-state index contributed by atoms with van der Waals surface area (Å²) in [5, 5.41) is 11.5. The third-order valence-corrected chi connectivity index (χ3v) is 6.29. The lowest BCUT2D eigenvalue weighted by Gasteiger charge is -2.32. The van der Waals surface area contributed by atoms with Crippen molar-refractivity contribution in [3.63, 3.8) is 0 Å². The Bertz CT molecular complexity index is 1340. The van der Waals surface area contributed by atoms with Gasteiger partial charge in [-0.15, -0.1) is 0 Å². The molecule has 0 saturated carbocycles. The lowest BCUT2D eigenvalue weighted by Crippen LogP contribution is -2.51. The number of amides is 2. The van der Waals surface area contributed by atoms with Gasteiger partial charge in [0, 0.05) is 13.6 Å². The standard InChI is InChI=1S/C31H37ClN2O8/c1-31(2,3)42-30(37)34(33(4)17-18-35)29(36)25-15-16-26(40-19-21-7-11-23(38-5)12-8-21)28(27(25)32)41-20-22-9-13-24(39-6)14-10-22/h7-16,35H,17-20H2,1-6H3. The maximum Gasteiger partial charge on any atom is 0.432 e. The number of hydrazine groups is 1. The molecule has 11 heteroatoms. The van der Waals surface area contributed by atoms with Crippen LogP contribution in [0.1, 0.15) is 42.3 Å². The topological polar surface area (TPSA) is 107 Å². The van der Waals surface area contributed by atoms with Gasteiger partial charge in [0.25, 0.3) is 5.91 Å². The highest BCUT2D eigenvalue weighted by Gasteiger charge is 2.33. The van der Waals surface area contributed by atoms with Crippen molar-refractivity contribution in [2.24, 2.45) is 0 Å². The Labute approximate surface area is 251 Å². The van der Waals surface area contributed by atoms with E-state index in [0.717, 1.165) is 16.1 Å². The molecule has 1 N–H and O–H groups in total. The Morgan fingerprint density at radius 2 is 1.36 bits per heavy atom. The summed E-state index contributed by atoms with van der Waals surface area (Å²) < 4.78 is 28.1. The Hall–Kier alpha value is -3.99. The number of carbonyl (C=O) groups is 2. The minimum Gasteiger partial charge on any atom is -0.497 e. The normalized spacial score (nSPS) is 11.2. The minimum absolute atomic E-state index is 0.00746. The van der Waals surface area contributed by atoms with Crippen molar-refractivity contribution in [3.05, 3.63) is 82.4 Å². The minimum atomic E-state index is -0.917. The second-order valence-electron chi connectivity index (χ2n) is 10.2. The van der Waals surface area contributed by atoms with Crippen LogP contribution in [0.4, 0.5) is 4.79 Å². The lowest BCUT2D eigenvalue weighted by atomic mass is 10.1. The lowest BCUT2D eigenvalue weighted by molar-refractivity contribution is -0.0306. The summed E-state index contributed by atoms with van der Waals surface area (Å²) in [5.41, 5.74) is 0.803. The molecule has 3 rings (SSSR count). The third-order valence-electron chi connectivity index (χ3n) is 5.91. The summed E-state index contributed by atoms with van der Waals surface area (Å²) in [6.07, 6.45) is -0.917. The van der Waals surface area contributed by atoms with Crippen LogP contribution in [0.25, 0.3) is 0 Å². The van der Waals surface area contributed by atoms with Crippen molar-refractivity contribution >= 4 is 23.6 Å². The summed E-state index contributed by atoms with van der Waals surface area (Å²) in [6.45, 7) is 5.06. The molecule has 0 saturated heterocycles. The van der Waals surface area contributed by atoms with Gasteiger partial charge in [-0.2, -0.15) is 5.01 Å². The van der Waals surface area contributed by atoms with E-state index in [1.165, 1.54) is 18.1 Å². The van der Waals surface area contributed by atoms with Gasteiger partial charge in [-0.05, 0) is 68.3 Å². The Morgan fingerprint density at radius 3 is 1.83 bits per heavy atom. The zero-order valence-corrected chi connectivity index (χ0v) is 25.4. The van der Waals surface area contributed by atoms with E-state index in [2.05, 4.69) is 0 Å². The maximum absolute atomic E-state index is 13.8. The molecule has 2 amide bonds. The van der Waals surface area contributed by atoms with Crippen LogP contribution >= 0.6 is 11.6 Å². The SMILES string of the molecule is COc1ccc(COc2ccc(C(=O)N(C(=O)OC(C)(C)C)N(C)CCO)c(Cl)c2OCc2ccc(OC)cc2)cc1. The van der Waals surface area contributed by atoms with Gasteiger partial charge in [-0.25, -0.2) is 9.80 Å². The molecule has 0 aliphatic heterocycles. The first-order chi connectivity index (χ1) is 20.0. The molecule has 0 fully saturated rings. The largest absolute Gasteiger partial charge is 0.497 e. The Morgan fingerprint density at radius 1 is 0.833 bits per heavy atom. The highest BCUT2D eigenvalue weighted by atomic mass is 35.5. The molecule has 42 heavy (non-hydrogen) atoms. The first-order valence-corrected chi connectivity index (χ1v) is 13.6. The molecule has 0 heterocycles. The van der Waals surface area contributed by atoms with Gasteiger partial charge < -0.3 is 28.8 Å². The fourth-order valence-electron chi connectivity index (χ4n) is 3.75. The van der Waals surface area contributed by atoms with Crippen molar-refractivity contribution < 1.29 is 38.4 Å². The molecular formula is C31H37ClN2O8. The molecule has 10 nitrogen and oxygen atoms in total. The molecule has 0 aromatic heterocycles. The summed E-state index contributed by atoms with van der Waals surface area (Å²) >= 11 is 6.80. The number of aliphatic hydroxyl groups is 1. The predicted molar refractivity (Wildman–Crippen MR) is 158 cm³/mol. The van der Waals surface area contributed by atoms with Gasteiger partial charge in [0.2, 0.25) is 0 Å². The summed E-state index contributed by atoms with van der Waals surface area (Å²) in [6, 6.07) is 17.7. The molecule has 3 aromatic carbocycles. The molecule has 0 radical (unpaired) electrons. The molecule has 0 spiro atoms. The summed E-state index contributed by atoms with van der Waals surface area (Å²) in [5.74, 6) is 1.08. The second-order valence-corrected chi connectivity index (χ2v) is 10.6. The smallest absolute Gasteiger partial charge is 0.432 e. The highest BCUT2D eigenvalue weighted by Crippen LogP contribution is 2.39. The van der Waals surface area contributed by atoms with E-state index in [4.69, 9.17) is 35.3 Å². The molecular weight excluding hydrogens is 564 g/mol. The molecule has 226 valence electrons. The first-order valence-electron chi connectivity index (χ1n) is 13.2. The molecule has 0 unspecified atom stereocenters. The number of methoxy groups -OCH3 is 2. The number of imide groups is 1. The molecule has 0 aliphatic carbocycles. The van der Waals surface area contributed by atoms with Crippen LogP contribution < -0.4 is 18.9 Å². The predicted octanol–water partition coefficient (Wildman–Crippen LogP) is 5.73. The number of hydrogen-bond donors (Lipinski definition) is 1. The summed E-state index contributed by atoms with van der Waals surface area (Å²) in [4.78, 5) is 26.8. The number of benzene rings is 3. The number of carbonyl (C=O) groups excluding carboxylic acids is 2. The van der Waals surface area contributed by atoms with Crippen molar-refractivity contribution in [1.82, 2.24) is 10.0 Å². The van der Waals surface area contributed by atoms with Crippen LogP contribution in [0.5, 0.6) is 23.0 Å². The van der Waals surface area contributed by atoms with Crippen LogP contribution in [0.15, 0.2) is 60.7 Å². The van der Waals surface area contributed by atoms with Crippen molar-refractivity contribution in [2.45, 2.75) is 39.6 Å². The van der Waals surface area contributed by atoms with E-state index >= 15 is 0 Å². The van der Waals surface area contributed by atoms with E-state index in [0.29, 0.717) is 17.2 Å². The number of nitrogens with zero attached hydrogens (tertiary/aromatic N) is 2. The van der Waals surface area contributed by atoms with E-state index in [1.807, 2.05) is 36.4 Å². The zero-order valence-electron chi connectivity index (χ0n) is 24.7. The number of rotatable bonds is 12. The van der Waals surface area contributed by atoms with Gasteiger partial charge in [0.15, 0.2) is 11.5 Å². The van der Waals surface area contributed by atoms with Crippen LogP contribution in [-0.2, 0) is 18.0 Å². The van der Waals surface area contributed by atoms with E-state index < -0.39 is 17.6 Å². The van der Waals surface area contributed by atoms with Gasteiger partial charge in [-0.1, -0.05) is 35.9 Å². The number of aliphatic hydroxyl groups excluding tert-OH is 1. The van der Waals surface area contributed by atoms with Gasteiger partial charge in [0.1, 0.15) is 30.3 Å². The molecule has 0 atom stereocenters. The fraction of sp³-hybridized carbons (Fsp3) is 0.355. The second kappa shape index (κ2) is 14.8. The van der Waals surface area contributed by atoms with Crippen LogP contribution in [0, 0.1) is 0 Å². The molecule has 0 bridgehead atoms. The first kappa shape index (κ1) is 32.5. The van der Waals surface area contributed by atoms with Crippen LogP contribution in [0.3, 0.4) is 0 Å². The monoisotopic (exact) mass is 600 g/mol. The number of hydrogen-bond acceptors (Lipinski definition) is 9. The van der Waals surface area contributed by atoms with Crippen molar-refractivity contribution in [1.29, 1.82) is 0 Å². The molecule has 3 aromatic rings. The average molecular weight is 601 g/mol. The Kier molecular flexibility index (Phi) is 11.4. The van der Waals surface area contributed by atoms with Gasteiger partial charge in [0.05, 0.1) is 31.4 Å². The molecule has 0 aliphatic rings. The van der Waals surface area contributed by atoms with E-state index in [1.54, 1.807) is 53.2 Å². The quantitative estimate of drug-likeness (QED) is 0.261. The fourth-order valence-corrected chi connectivity index (χ4v) is 4.04. The van der Waals surface area contributed by atoms with Crippen LogP contribution in [0.2, 0.25) is 5.02 Å². The van der Waals surface area contributed by atoms with Gasteiger partial charge >= 0.3 is 6.09 Å². The maximum atomic E-state index is 13.8. The number of halogens is 1.